The predicted molar refractivity (Wildman–Crippen MR) is 503 cm³/mol. The standard InChI is InChI=1S/C93H126N4O32S4/c1-67(97-89(101)70-12-13-76-77(63-70)84(93-132-54-55-133-93)75-11-9-8-10-74(75)83(76)92-130-52-53-131-92)87(99)96-64-82(98)94-14-15-95-88(100)71-60-72(90(102)128-65-68-56-78(122-46-40-116-34-28-110-22-16-104-2)85(126-50-44-120-38-32-114-26-20-108-6)79(57-68)123-47-41-117-35-29-111-23-17-105-3)62-73(61-71)91(103)129-66-69-58-80(124-48-42-118-36-30-112-24-18-106-4)86(127-51-45-121-39-33-115-27-21-109-7)81(59-69)125-49-43-119-37-31-113-25-19-107-5/h8-13,52-63,67H,14-51,64-66H2,1-7H3,(H,94,98)(H,95,100)(H,96,99)(H,97,101)/t67-/m0/s1. The Morgan fingerprint density at radius 3 is 0.947 bits per heavy atom. The van der Waals surface area contributed by atoms with Crippen molar-refractivity contribution in [2.75, 3.05) is 300 Å². The summed E-state index contributed by atoms with van der Waals surface area (Å²) in [6, 6.07) is 22.9. The van der Waals surface area contributed by atoms with E-state index in [0.717, 1.165) is 40.5 Å². The predicted octanol–water partition coefficient (Wildman–Crippen LogP) is 7.87. The Kier molecular flexibility index (Phi) is 55.7. The minimum absolute atomic E-state index is 0.0277. The van der Waals surface area contributed by atoms with Crippen LogP contribution in [0.4, 0.5) is 0 Å². The zero-order valence-corrected chi connectivity index (χ0v) is 79.9. The summed E-state index contributed by atoms with van der Waals surface area (Å²) in [6.45, 7) is 9.30. The Balaban J connectivity index is 1.02. The second-order valence-corrected chi connectivity index (χ2v) is 32.5. The molecular weight excluding hydrogens is 1810 g/mol. The highest BCUT2D eigenvalue weighted by atomic mass is 32.2. The van der Waals surface area contributed by atoms with Crippen molar-refractivity contribution >= 4 is 113 Å². The molecule has 1 atom stereocenters. The Morgan fingerprint density at radius 2 is 0.602 bits per heavy atom. The molecule has 0 fully saturated rings. The van der Waals surface area contributed by atoms with Crippen molar-refractivity contribution in [3.05, 3.63) is 150 Å². The second kappa shape index (κ2) is 67.5. The van der Waals surface area contributed by atoms with Gasteiger partial charge in [-0.25, -0.2) is 9.59 Å². The molecule has 0 saturated heterocycles. The van der Waals surface area contributed by atoms with Gasteiger partial charge in [0, 0.05) is 77.3 Å². The Morgan fingerprint density at radius 1 is 0.301 bits per heavy atom. The fourth-order valence-electron chi connectivity index (χ4n) is 12.3. The fourth-order valence-corrected chi connectivity index (χ4v) is 16.1. The number of methoxy groups -OCH3 is 6. The van der Waals surface area contributed by atoms with Gasteiger partial charge in [0.2, 0.25) is 23.3 Å². The molecule has 0 spiro atoms. The number of ether oxygens (including phenoxy) is 26. The molecule has 734 valence electrons. The van der Waals surface area contributed by atoms with Crippen LogP contribution in [0.1, 0.15) is 59.5 Å². The smallest absolute Gasteiger partial charge is 0.338 e. The number of esters is 2. The zero-order chi connectivity index (χ0) is 94.3. The number of carbonyl (C=O) groups is 6. The summed E-state index contributed by atoms with van der Waals surface area (Å²) >= 11 is 6.55. The van der Waals surface area contributed by atoms with Crippen LogP contribution in [0.2, 0.25) is 0 Å². The van der Waals surface area contributed by atoms with Gasteiger partial charge in [0.15, 0.2) is 23.0 Å². The molecule has 0 bridgehead atoms. The molecule has 6 aromatic carbocycles. The minimum atomic E-state index is -1.07. The maximum atomic E-state index is 14.8. The first-order valence-electron chi connectivity index (χ1n) is 43.6. The van der Waals surface area contributed by atoms with Crippen molar-refractivity contribution in [1.29, 1.82) is 0 Å². The van der Waals surface area contributed by atoms with E-state index in [1.165, 1.54) is 25.1 Å². The first kappa shape index (κ1) is 110. The van der Waals surface area contributed by atoms with Gasteiger partial charge in [0.05, 0.1) is 224 Å². The van der Waals surface area contributed by atoms with E-state index in [1.54, 1.807) is 120 Å². The van der Waals surface area contributed by atoms with E-state index >= 15 is 0 Å². The number of nitrogens with one attached hydrogen (secondary N) is 4. The summed E-state index contributed by atoms with van der Waals surface area (Å²) in [4.78, 5) is 85.1. The number of hydrogen-bond donors (Lipinski definition) is 4. The van der Waals surface area contributed by atoms with Gasteiger partial charge in [-0.15, -0.1) is 0 Å². The van der Waals surface area contributed by atoms with E-state index in [9.17, 15) is 28.8 Å². The Labute approximate surface area is 792 Å². The van der Waals surface area contributed by atoms with Crippen LogP contribution in [0, 0.1) is 0 Å². The molecule has 0 aliphatic carbocycles. The van der Waals surface area contributed by atoms with Crippen LogP contribution in [-0.4, -0.2) is 342 Å². The lowest BCUT2D eigenvalue weighted by molar-refractivity contribution is -0.126. The van der Waals surface area contributed by atoms with E-state index < -0.39 is 61.4 Å². The fraction of sp³-hybridized carbons (Fsp3) is 0.527. The first-order chi connectivity index (χ1) is 65.3. The number of fused-ring (bicyclic) bond motifs is 2. The van der Waals surface area contributed by atoms with Crippen LogP contribution in [0.25, 0.3) is 30.0 Å². The number of amides is 4. The molecular formula is C93H126N4O32S4. The number of benzene rings is 6. The molecule has 0 radical (unpaired) electrons. The number of thioether (sulfide) groups is 4. The molecule has 8 rings (SSSR count). The minimum Gasteiger partial charge on any atom is -0.487 e. The van der Waals surface area contributed by atoms with E-state index in [-0.39, 0.29) is 183 Å². The van der Waals surface area contributed by atoms with Gasteiger partial charge in [-0.1, -0.05) is 77.4 Å². The number of hydrogen-bond acceptors (Lipinski definition) is 36. The lowest BCUT2D eigenvalue weighted by Gasteiger charge is -2.19. The van der Waals surface area contributed by atoms with Crippen LogP contribution in [0.5, 0.6) is 34.5 Å². The summed E-state index contributed by atoms with van der Waals surface area (Å²) in [5.41, 5.74) is 0.359. The molecule has 133 heavy (non-hydrogen) atoms. The van der Waals surface area contributed by atoms with Gasteiger partial charge >= 0.3 is 11.9 Å². The topological polar surface area (TPSA) is 391 Å². The quantitative estimate of drug-likeness (QED) is 0.0160. The maximum absolute atomic E-state index is 14.8. The summed E-state index contributed by atoms with van der Waals surface area (Å²) in [7, 11) is 9.51. The molecule has 2 aliphatic heterocycles. The van der Waals surface area contributed by atoms with Crippen LogP contribution >= 0.6 is 47.0 Å². The van der Waals surface area contributed by atoms with Gasteiger partial charge in [-0.05, 0) is 116 Å². The monoisotopic (exact) mass is 1940 g/mol. The molecule has 6 aromatic rings. The molecule has 4 amide bonds. The van der Waals surface area contributed by atoms with E-state index in [4.69, 9.17) is 123 Å². The third-order valence-electron chi connectivity index (χ3n) is 18.7. The molecule has 0 unspecified atom stereocenters. The second-order valence-electron chi connectivity index (χ2n) is 28.4. The Hall–Kier alpha value is -8.64. The average Bonchev–Trinajstić information content (AvgIpc) is 1.70. The highest BCUT2D eigenvalue weighted by molar-refractivity contribution is 8.35. The normalized spacial score (nSPS) is 12.5. The van der Waals surface area contributed by atoms with Crippen molar-refractivity contribution in [2.24, 2.45) is 0 Å². The highest BCUT2D eigenvalue weighted by Gasteiger charge is 2.26. The molecule has 2 heterocycles. The van der Waals surface area contributed by atoms with Gasteiger partial charge in [-0.3, -0.25) is 19.2 Å². The van der Waals surface area contributed by atoms with Crippen LogP contribution < -0.4 is 60.1 Å². The van der Waals surface area contributed by atoms with E-state index in [2.05, 4.69) is 44.2 Å². The largest absolute Gasteiger partial charge is 0.487 e. The number of rotatable bonds is 75. The van der Waals surface area contributed by atoms with Gasteiger partial charge in [0.25, 0.3) is 11.8 Å². The van der Waals surface area contributed by atoms with Crippen molar-refractivity contribution in [3.8, 4) is 34.5 Å². The summed E-state index contributed by atoms with van der Waals surface area (Å²) < 4.78 is 151. The Bertz CT molecular complexity index is 4410. The van der Waals surface area contributed by atoms with Crippen molar-refractivity contribution in [1.82, 2.24) is 21.3 Å². The third-order valence-corrected chi connectivity index (χ3v) is 22.9. The van der Waals surface area contributed by atoms with Gasteiger partial charge < -0.3 is 144 Å². The highest BCUT2D eigenvalue weighted by Crippen LogP contribution is 2.43. The van der Waals surface area contributed by atoms with Crippen LogP contribution in [-0.2, 0) is 118 Å². The molecule has 2 aliphatic rings. The summed E-state index contributed by atoms with van der Waals surface area (Å²) in [5, 5.41) is 25.1. The zero-order valence-electron chi connectivity index (χ0n) is 76.7. The van der Waals surface area contributed by atoms with Crippen molar-refractivity contribution in [2.45, 2.75) is 26.2 Å². The molecule has 0 aromatic heterocycles. The molecule has 36 nitrogen and oxygen atoms in total. The van der Waals surface area contributed by atoms with Crippen LogP contribution in [0.3, 0.4) is 0 Å². The molecule has 4 N–H and O–H groups in total. The SMILES string of the molecule is COCCOCCOCCOc1cc(COC(=O)c2cc(C(=O)NCCNC(=O)CNC(=O)[C@H](C)NC(=O)c3ccc4c(=C5SC=CS5)c5ccccc5c(=C5SC=CS5)c4c3)cc(C(=O)OCc3cc(OCCOCCOCCOC)c(OCCOCCOCCOC)c(OCCOCCOCCOC)c3)c2)cc(OCCOCCOCCOC)c1OCCOCCOCCOC. The molecule has 40 heteroatoms. The number of carbonyl (C=O) groups excluding carboxylic acids is 6. The average molecular weight is 1940 g/mol. The van der Waals surface area contributed by atoms with Gasteiger partial charge in [0.1, 0.15) is 58.9 Å². The lowest BCUT2D eigenvalue weighted by atomic mass is 9.97. The third kappa shape index (κ3) is 41.5. The van der Waals surface area contributed by atoms with E-state index in [1.807, 2.05) is 35.1 Å². The lowest BCUT2D eigenvalue weighted by Crippen LogP contribution is -2.48. The maximum Gasteiger partial charge on any atom is 0.338 e. The van der Waals surface area contributed by atoms with Crippen molar-refractivity contribution < 1.29 is 152 Å². The van der Waals surface area contributed by atoms with Gasteiger partial charge in [-0.2, -0.15) is 0 Å². The summed E-state index contributed by atoms with van der Waals surface area (Å²) in [5.74, 6) is -3.35. The first-order valence-corrected chi connectivity index (χ1v) is 47.1. The van der Waals surface area contributed by atoms with Crippen LogP contribution in [0.15, 0.2) is 107 Å². The summed E-state index contributed by atoms with van der Waals surface area (Å²) in [6.07, 6.45) is 0. The van der Waals surface area contributed by atoms with E-state index in [0.29, 0.717) is 136 Å². The van der Waals surface area contributed by atoms with Crippen molar-refractivity contribution in [3.63, 3.8) is 0 Å². The molecule has 0 saturated carbocycles.